The number of benzene rings is 1. The summed E-state index contributed by atoms with van der Waals surface area (Å²) < 4.78 is 0. The van der Waals surface area contributed by atoms with E-state index in [-0.39, 0.29) is 12.1 Å². The molecule has 2 rings (SSSR count). The lowest BCUT2D eigenvalue weighted by Gasteiger charge is -2.16. The van der Waals surface area contributed by atoms with E-state index >= 15 is 0 Å². The topological polar surface area (TPSA) is 52.5 Å². The first-order valence-corrected chi connectivity index (χ1v) is 5.45. The summed E-state index contributed by atoms with van der Waals surface area (Å²) in [5, 5.41) is 22.1. The number of phenolic OH excluding ortho intramolecular Hbond substituents is 1. The fourth-order valence-corrected chi connectivity index (χ4v) is 2.04. The largest absolute Gasteiger partial charge is 0.508 e. The summed E-state index contributed by atoms with van der Waals surface area (Å²) in [4.78, 5) is 0. The zero-order valence-corrected chi connectivity index (χ0v) is 8.69. The molecule has 0 heterocycles. The number of hydrogen-bond donors (Lipinski definition) is 3. The Morgan fingerprint density at radius 2 is 1.93 bits per heavy atom. The van der Waals surface area contributed by atoms with E-state index in [2.05, 4.69) is 5.32 Å². The molecule has 0 spiro atoms. The maximum absolute atomic E-state index is 9.61. The molecule has 1 aliphatic rings. The highest BCUT2D eigenvalue weighted by molar-refractivity contribution is 5.25. The summed E-state index contributed by atoms with van der Waals surface area (Å²) in [5.74, 6) is 0.291. The van der Waals surface area contributed by atoms with Gasteiger partial charge >= 0.3 is 0 Å². The Balaban J connectivity index is 1.85. The first kappa shape index (κ1) is 10.5. The minimum atomic E-state index is -0.192. The summed E-state index contributed by atoms with van der Waals surface area (Å²) in [7, 11) is 0. The van der Waals surface area contributed by atoms with Crippen molar-refractivity contribution in [2.45, 2.75) is 38.0 Å². The Morgan fingerprint density at radius 3 is 2.53 bits per heavy atom. The van der Waals surface area contributed by atoms with E-state index in [9.17, 15) is 5.11 Å². The number of rotatable bonds is 3. The van der Waals surface area contributed by atoms with Crippen LogP contribution >= 0.6 is 0 Å². The van der Waals surface area contributed by atoms with Crippen LogP contribution < -0.4 is 5.32 Å². The fraction of sp³-hybridized carbons (Fsp3) is 0.500. The fourth-order valence-electron chi connectivity index (χ4n) is 2.04. The van der Waals surface area contributed by atoms with Crippen LogP contribution in [0.2, 0.25) is 0 Å². The molecule has 0 aromatic heterocycles. The van der Waals surface area contributed by atoms with E-state index < -0.39 is 0 Å². The second kappa shape index (κ2) is 4.64. The molecular weight excluding hydrogens is 190 g/mol. The number of phenols is 1. The molecule has 15 heavy (non-hydrogen) atoms. The van der Waals surface area contributed by atoms with Gasteiger partial charge in [-0.15, -0.1) is 0 Å². The van der Waals surface area contributed by atoms with Gasteiger partial charge in [0, 0.05) is 12.6 Å². The number of hydrogen-bond acceptors (Lipinski definition) is 3. The van der Waals surface area contributed by atoms with Gasteiger partial charge in [-0.25, -0.2) is 0 Å². The first-order chi connectivity index (χ1) is 7.25. The molecule has 1 aromatic rings. The van der Waals surface area contributed by atoms with Crippen molar-refractivity contribution < 1.29 is 10.2 Å². The summed E-state index contributed by atoms with van der Waals surface area (Å²) in [6.45, 7) is 0.752. The van der Waals surface area contributed by atoms with Gasteiger partial charge in [-0.05, 0) is 37.0 Å². The van der Waals surface area contributed by atoms with Gasteiger partial charge in [0.2, 0.25) is 0 Å². The first-order valence-electron chi connectivity index (χ1n) is 5.45. The maximum Gasteiger partial charge on any atom is 0.115 e. The highest BCUT2D eigenvalue weighted by Gasteiger charge is 2.24. The van der Waals surface area contributed by atoms with Gasteiger partial charge in [0.25, 0.3) is 0 Å². The second-order valence-electron chi connectivity index (χ2n) is 4.15. The van der Waals surface area contributed by atoms with E-state index in [1.807, 2.05) is 12.1 Å². The van der Waals surface area contributed by atoms with E-state index in [0.717, 1.165) is 31.4 Å². The van der Waals surface area contributed by atoms with Gasteiger partial charge in [0.15, 0.2) is 0 Å². The van der Waals surface area contributed by atoms with Crippen LogP contribution in [0.15, 0.2) is 24.3 Å². The lowest BCUT2D eigenvalue weighted by Crippen LogP contribution is -2.34. The van der Waals surface area contributed by atoms with Gasteiger partial charge in [-0.3, -0.25) is 0 Å². The van der Waals surface area contributed by atoms with E-state index in [4.69, 9.17) is 5.11 Å². The number of aliphatic hydroxyl groups is 1. The van der Waals surface area contributed by atoms with Gasteiger partial charge in [0.1, 0.15) is 5.75 Å². The number of aliphatic hydroxyl groups excluding tert-OH is 1. The van der Waals surface area contributed by atoms with E-state index in [1.54, 1.807) is 12.1 Å². The Hall–Kier alpha value is -1.06. The molecule has 82 valence electrons. The predicted molar refractivity (Wildman–Crippen MR) is 58.6 cm³/mol. The van der Waals surface area contributed by atoms with Crippen molar-refractivity contribution >= 4 is 0 Å². The van der Waals surface area contributed by atoms with Gasteiger partial charge in [-0.1, -0.05) is 12.1 Å². The van der Waals surface area contributed by atoms with Crippen molar-refractivity contribution in [3.05, 3.63) is 29.8 Å². The van der Waals surface area contributed by atoms with Gasteiger partial charge < -0.3 is 15.5 Å². The van der Waals surface area contributed by atoms with Crippen LogP contribution in [-0.2, 0) is 6.54 Å². The minimum Gasteiger partial charge on any atom is -0.508 e. The molecule has 1 saturated carbocycles. The Bertz CT molecular complexity index is 310. The zero-order chi connectivity index (χ0) is 10.7. The summed E-state index contributed by atoms with van der Waals surface area (Å²) in [5.41, 5.74) is 1.13. The normalized spacial score (nSPS) is 25.7. The highest BCUT2D eigenvalue weighted by Crippen LogP contribution is 2.19. The van der Waals surface area contributed by atoms with Crippen LogP contribution in [0.25, 0.3) is 0 Å². The van der Waals surface area contributed by atoms with Crippen molar-refractivity contribution in [2.24, 2.45) is 0 Å². The summed E-state index contributed by atoms with van der Waals surface area (Å²) in [6.07, 6.45) is 2.88. The van der Waals surface area contributed by atoms with Crippen LogP contribution in [0, 0.1) is 0 Å². The SMILES string of the molecule is Oc1ccc(CN[C@@H]2CCC[C@H]2O)cc1. The number of aromatic hydroxyl groups is 1. The van der Waals surface area contributed by atoms with Crippen LogP contribution in [-0.4, -0.2) is 22.4 Å². The molecule has 0 amide bonds. The second-order valence-corrected chi connectivity index (χ2v) is 4.15. The van der Waals surface area contributed by atoms with Gasteiger partial charge in [-0.2, -0.15) is 0 Å². The van der Waals surface area contributed by atoms with Gasteiger partial charge in [0.05, 0.1) is 6.10 Å². The molecule has 0 unspecified atom stereocenters. The van der Waals surface area contributed by atoms with E-state index in [1.165, 1.54) is 0 Å². The average Bonchev–Trinajstić information content (AvgIpc) is 2.63. The highest BCUT2D eigenvalue weighted by atomic mass is 16.3. The van der Waals surface area contributed by atoms with Crippen LogP contribution in [0.4, 0.5) is 0 Å². The number of nitrogens with one attached hydrogen (secondary N) is 1. The Kier molecular flexibility index (Phi) is 3.23. The van der Waals surface area contributed by atoms with Crippen molar-refractivity contribution in [3.63, 3.8) is 0 Å². The third kappa shape index (κ3) is 2.70. The molecule has 0 radical (unpaired) electrons. The monoisotopic (exact) mass is 207 g/mol. The molecule has 0 bridgehead atoms. The third-order valence-electron chi connectivity index (χ3n) is 2.98. The van der Waals surface area contributed by atoms with Crippen molar-refractivity contribution in [1.82, 2.24) is 5.32 Å². The molecule has 1 fully saturated rings. The average molecular weight is 207 g/mol. The molecule has 3 N–H and O–H groups in total. The lowest BCUT2D eigenvalue weighted by molar-refractivity contribution is 0.148. The summed E-state index contributed by atoms with van der Waals surface area (Å²) >= 11 is 0. The molecule has 1 aromatic carbocycles. The third-order valence-corrected chi connectivity index (χ3v) is 2.98. The lowest BCUT2D eigenvalue weighted by atomic mass is 10.1. The van der Waals surface area contributed by atoms with Crippen LogP contribution in [0.1, 0.15) is 24.8 Å². The standard InChI is InChI=1S/C12H17NO2/c14-10-6-4-9(5-7-10)8-13-11-2-1-3-12(11)15/h4-7,11-15H,1-3,8H2/t11-,12-/m1/s1. The predicted octanol–water partition coefficient (Wildman–Crippen LogP) is 1.40. The molecule has 0 saturated heterocycles. The van der Waals surface area contributed by atoms with Crippen molar-refractivity contribution in [3.8, 4) is 5.75 Å². The zero-order valence-electron chi connectivity index (χ0n) is 8.69. The molecule has 3 nitrogen and oxygen atoms in total. The molecule has 0 aliphatic heterocycles. The smallest absolute Gasteiger partial charge is 0.115 e. The Morgan fingerprint density at radius 1 is 1.20 bits per heavy atom. The molecule has 2 atom stereocenters. The Labute approximate surface area is 89.8 Å². The quantitative estimate of drug-likeness (QED) is 0.702. The molecule has 3 heteroatoms. The van der Waals surface area contributed by atoms with Crippen molar-refractivity contribution in [1.29, 1.82) is 0 Å². The van der Waals surface area contributed by atoms with Crippen molar-refractivity contribution in [2.75, 3.05) is 0 Å². The minimum absolute atomic E-state index is 0.192. The molecule has 1 aliphatic carbocycles. The van der Waals surface area contributed by atoms with Crippen LogP contribution in [0.5, 0.6) is 5.75 Å². The maximum atomic E-state index is 9.61. The molecular formula is C12H17NO2. The van der Waals surface area contributed by atoms with Crippen LogP contribution in [0.3, 0.4) is 0 Å². The van der Waals surface area contributed by atoms with E-state index in [0.29, 0.717) is 5.75 Å². The summed E-state index contributed by atoms with van der Waals surface area (Å²) in [6, 6.07) is 7.39.